The highest BCUT2D eigenvalue weighted by atomic mass is 16.5. The standard InChI is InChI=1S/C18H20N2O2/c1-21-15-3-5-17-13(9-15)11-19-7-8-20(17)12-14-10-16(22-2)4-6-18(14)19/h3-6,9-10H,7-8,11-12H2,1-2H3. The molecule has 2 aromatic rings. The zero-order valence-electron chi connectivity index (χ0n) is 13.0. The Bertz CT molecular complexity index is 653. The summed E-state index contributed by atoms with van der Waals surface area (Å²) in [4.78, 5) is 4.92. The number of methoxy groups -OCH3 is 2. The predicted molar refractivity (Wildman–Crippen MR) is 88.1 cm³/mol. The van der Waals surface area contributed by atoms with Crippen molar-refractivity contribution < 1.29 is 9.47 Å². The summed E-state index contributed by atoms with van der Waals surface area (Å²) in [5, 5.41) is 0. The van der Waals surface area contributed by atoms with Crippen LogP contribution in [0.25, 0.3) is 0 Å². The zero-order chi connectivity index (χ0) is 15.1. The summed E-state index contributed by atoms with van der Waals surface area (Å²) >= 11 is 0. The molecule has 114 valence electrons. The van der Waals surface area contributed by atoms with Crippen LogP contribution in [0.1, 0.15) is 11.1 Å². The maximum absolute atomic E-state index is 5.39. The SMILES string of the molecule is COc1ccc2c(c1)CN1CCN2Cc2cc(OC)ccc21. The third kappa shape index (κ3) is 2.06. The van der Waals surface area contributed by atoms with Gasteiger partial charge in [0.2, 0.25) is 0 Å². The molecule has 2 aromatic carbocycles. The van der Waals surface area contributed by atoms with E-state index in [0.717, 1.165) is 37.7 Å². The second-order valence-electron chi connectivity index (χ2n) is 5.83. The third-order valence-electron chi connectivity index (χ3n) is 4.62. The Hall–Kier alpha value is -2.36. The van der Waals surface area contributed by atoms with Crippen molar-refractivity contribution >= 4 is 11.4 Å². The molecule has 0 fully saturated rings. The quantitative estimate of drug-likeness (QED) is 0.850. The van der Waals surface area contributed by atoms with E-state index in [2.05, 4.69) is 46.2 Å². The van der Waals surface area contributed by atoms with Crippen molar-refractivity contribution in [3.63, 3.8) is 0 Å². The summed E-state index contributed by atoms with van der Waals surface area (Å²) in [6.45, 7) is 3.91. The van der Waals surface area contributed by atoms with Crippen LogP contribution < -0.4 is 19.3 Å². The number of anilines is 2. The predicted octanol–water partition coefficient (Wildman–Crippen LogP) is 3.04. The molecular formula is C18H20N2O2. The summed E-state index contributed by atoms with van der Waals surface area (Å²) in [6.07, 6.45) is 0. The molecule has 4 rings (SSSR count). The minimum absolute atomic E-state index is 0.919. The number of fused-ring (bicyclic) bond motifs is 7. The molecule has 4 nitrogen and oxygen atoms in total. The average molecular weight is 296 g/mol. The fraction of sp³-hybridized carbons (Fsp3) is 0.333. The molecule has 0 unspecified atom stereocenters. The van der Waals surface area contributed by atoms with Gasteiger partial charge in [0.1, 0.15) is 11.5 Å². The first-order valence-corrected chi connectivity index (χ1v) is 7.62. The fourth-order valence-corrected chi connectivity index (χ4v) is 3.47. The fourth-order valence-electron chi connectivity index (χ4n) is 3.47. The van der Waals surface area contributed by atoms with Crippen LogP contribution in [0.2, 0.25) is 0 Å². The van der Waals surface area contributed by atoms with Crippen molar-refractivity contribution in [1.29, 1.82) is 0 Å². The van der Waals surface area contributed by atoms with Crippen LogP contribution in [0.5, 0.6) is 11.5 Å². The molecule has 0 N–H and O–H groups in total. The Kier molecular flexibility index (Phi) is 3.10. The molecule has 2 bridgehead atoms. The van der Waals surface area contributed by atoms with E-state index in [1.807, 2.05) is 0 Å². The Labute approximate surface area is 130 Å². The van der Waals surface area contributed by atoms with Crippen LogP contribution >= 0.6 is 0 Å². The van der Waals surface area contributed by atoms with Crippen LogP contribution in [0, 0.1) is 0 Å². The van der Waals surface area contributed by atoms with Gasteiger partial charge >= 0.3 is 0 Å². The Morgan fingerprint density at radius 1 is 0.727 bits per heavy atom. The van der Waals surface area contributed by atoms with Crippen molar-refractivity contribution in [3.05, 3.63) is 47.5 Å². The van der Waals surface area contributed by atoms with Crippen molar-refractivity contribution in [2.24, 2.45) is 0 Å². The smallest absolute Gasteiger partial charge is 0.119 e. The molecule has 0 radical (unpaired) electrons. The first-order chi connectivity index (χ1) is 10.8. The first kappa shape index (κ1) is 13.3. The minimum Gasteiger partial charge on any atom is -0.497 e. The van der Waals surface area contributed by atoms with Crippen LogP contribution in [0.3, 0.4) is 0 Å². The molecule has 22 heavy (non-hydrogen) atoms. The van der Waals surface area contributed by atoms with Crippen LogP contribution in [0.15, 0.2) is 36.4 Å². The lowest BCUT2D eigenvalue weighted by Gasteiger charge is -2.28. The largest absolute Gasteiger partial charge is 0.497 e. The van der Waals surface area contributed by atoms with Gasteiger partial charge in [-0.15, -0.1) is 0 Å². The Balaban J connectivity index is 1.81. The maximum Gasteiger partial charge on any atom is 0.119 e. The monoisotopic (exact) mass is 296 g/mol. The molecule has 0 aliphatic carbocycles. The van der Waals surface area contributed by atoms with E-state index in [1.165, 1.54) is 22.5 Å². The highest BCUT2D eigenvalue weighted by Gasteiger charge is 2.26. The van der Waals surface area contributed by atoms with Crippen LogP contribution in [0.4, 0.5) is 11.4 Å². The number of hydrogen-bond donors (Lipinski definition) is 0. The third-order valence-corrected chi connectivity index (χ3v) is 4.62. The van der Waals surface area contributed by atoms with Gasteiger partial charge in [-0.25, -0.2) is 0 Å². The van der Waals surface area contributed by atoms with Crippen molar-refractivity contribution in [2.75, 3.05) is 37.1 Å². The molecule has 0 saturated carbocycles. The van der Waals surface area contributed by atoms with E-state index < -0.39 is 0 Å². The van der Waals surface area contributed by atoms with Gasteiger partial charge in [0.25, 0.3) is 0 Å². The van der Waals surface area contributed by atoms with E-state index in [0.29, 0.717) is 0 Å². The summed E-state index contributed by atoms with van der Waals surface area (Å²) < 4.78 is 10.8. The molecule has 0 saturated heterocycles. The number of hydrogen-bond acceptors (Lipinski definition) is 4. The number of nitrogens with zero attached hydrogens (tertiary/aromatic N) is 2. The summed E-state index contributed by atoms with van der Waals surface area (Å²) in [6, 6.07) is 12.8. The van der Waals surface area contributed by atoms with E-state index >= 15 is 0 Å². The second-order valence-corrected chi connectivity index (χ2v) is 5.83. The lowest BCUT2D eigenvalue weighted by Crippen LogP contribution is -2.26. The van der Waals surface area contributed by atoms with Gasteiger partial charge in [-0.2, -0.15) is 0 Å². The van der Waals surface area contributed by atoms with Gasteiger partial charge in [-0.3, -0.25) is 0 Å². The van der Waals surface area contributed by atoms with Gasteiger partial charge < -0.3 is 19.3 Å². The Morgan fingerprint density at radius 3 is 1.59 bits per heavy atom. The highest BCUT2D eigenvalue weighted by molar-refractivity contribution is 5.66. The molecular weight excluding hydrogens is 276 g/mol. The van der Waals surface area contributed by atoms with E-state index in [-0.39, 0.29) is 0 Å². The zero-order valence-corrected chi connectivity index (χ0v) is 13.0. The number of benzene rings is 2. The van der Waals surface area contributed by atoms with Crippen molar-refractivity contribution in [1.82, 2.24) is 0 Å². The molecule has 2 aliphatic heterocycles. The highest BCUT2D eigenvalue weighted by Crippen LogP contribution is 2.37. The molecule has 0 spiro atoms. The van der Waals surface area contributed by atoms with Crippen LogP contribution in [-0.2, 0) is 13.1 Å². The lowest BCUT2D eigenvalue weighted by molar-refractivity contribution is 0.414. The molecule has 0 amide bonds. The normalized spacial score (nSPS) is 15.7. The van der Waals surface area contributed by atoms with E-state index in [4.69, 9.17) is 9.47 Å². The average Bonchev–Trinajstić information content (AvgIpc) is 2.84. The second kappa shape index (κ2) is 5.13. The van der Waals surface area contributed by atoms with Gasteiger partial charge in [0.15, 0.2) is 0 Å². The molecule has 0 aromatic heterocycles. The number of ether oxygens (including phenoxy) is 2. The number of rotatable bonds is 2. The topological polar surface area (TPSA) is 24.9 Å². The first-order valence-electron chi connectivity index (χ1n) is 7.62. The summed E-state index contributed by atoms with van der Waals surface area (Å²) in [7, 11) is 3.45. The summed E-state index contributed by atoms with van der Waals surface area (Å²) in [5.41, 5.74) is 5.30. The summed E-state index contributed by atoms with van der Waals surface area (Å²) in [5.74, 6) is 1.85. The molecule has 4 heteroatoms. The maximum atomic E-state index is 5.39. The molecule has 2 heterocycles. The van der Waals surface area contributed by atoms with E-state index in [1.54, 1.807) is 14.2 Å². The van der Waals surface area contributed by atoms with Crippen molar-refractivity contribution in [2.45, 2.75) is 13.1 Å². The van der Waals surface area contributed by atoms with Gasteiger partial charge in [-0.05, 0) is 47.5 Å². The van der Waals surface area contributed by atoms with Crippen LogP contribution in [-0.4, -0.2) is 27.3 Å². The van der Waals surface area contributed by atoms with E-state index in [9.17, 15) is 0 Å². The van der Waals surface area contributed by atoms with Crippen molar-refractivity contribution in [3.8, 4) is 11.5 Å². The minimum atomic E-state index is 0.919. The van der Waals surface area contributed by atoms with Gasteiger partial charge in [0, 0.05) is 37.6 Å². The van der Waals surface area contributed by atoms with Gasteiger partial charge in [0.05, 0.1) is 14.2 Å². The van der Waals surface area contributed by atoms with Gasteiger partial charge in [-0.1, -0.05) is 0 Å². The molecule has 2 aliphatic rings. The lowest BCUT2D eigenvalue weighted by atomic mass is 10.1. The molecule has 0 atom stereocenters. The Morgan fingerprint density at radius 2 is 1.18 bits per heavy atom.